The lowest BCUT2D eigenvalue weighted by molar-refractivity contribution is -0.141. The highest BCUT2D eigenvalue weighted by Crippen LogP contribution is 2.37. The van der Waals surface area contributed by atoms with Crippen molar-refractivity contribution in [1.29, 1.82) is 0 Å². The second kappa shape index (κ2) is 7.48. The molecular weight excluding hydrogens is 422 g/mol. The molecule has 1 aromatic carbocycles. The zero-order valence-electron chi connectivity index (χ0n) is 13.9. The Morgan fingerprint density at radius 1 is 1.21 bits per heavy atom. The number of carbonyl (C=O) groups is 2. The van der Waals surface area contributed by atoms with E-state index in [0.29, 0.717) is 10.6 Å². The molecule has 0 radical (unpaired) electrons. The van der Waals surface area contributed by atoms with Gasteiger partial charge in [0.05, 0.1) is 17.3 Å². The highest BCUT2D eigenvalue weighted by molar-refractivity contribution is 6.31. The number of ether oxygens (including phenoxy) is 1. The number of benzene rings is 1. The number of hydrogen-bond acceptors (Lipinski definition) is 4. The molecule has 2 N–H and O–H groups in total. The van der Waals surface area contributed by atoms with Crippen LogP contribution in [-0.4, -0.2) is 34.5 Å². The highest BCUT2D eigenvalue weighted by atomic mass is 35.5. The normalized spacial score (nSPS) is 18.1. The summed E-state index contributed by atoms with van der Waals surface area (Å²) in [5.41, 5.74) is 4.19. The van der Waals surface area contributed by atoms with Crippen LogP contribution in [0.5, 0.6) is 0 Å². The maximum absolute atomic E-state index is 13.2. The standard InChI is InChI=1S/C17H12Cl2F3N3O3/c18-9-3-1-8(2-4-9)13(25-7-12(15(23)26)28-16(25)27)11-6-5-10(19)14(24-11)17(20,21)22/h1-6,12-13H,7H2,(H2,23,26)/t12?,13-/m0/s1. The maximum atomic E-state index is 13.2. The number of pyridine rings is 1. The summed E-state index contributed by atoms with van der Waals surface area (Å²) in [5, 5.41) is -0.188. The number of primary amides is 1. The Kier molecular flexibility index (Phi) is 5.40. The summed E-state index contributed by atoms with van der Waals surface area (Å²) in [6.45, 7) is -0.243. The van der Waals surface area contributed by atoms with Crippen LogP contribution in [0.4, 0.5) is 18.0 Å². The fourth-order valence-electron chi connectivity index (χ4n) is 2.80. The average Bonchev–Trinajstić information content (AvgIpc) is 2.99. The average molecular weight is 434 g/mol. The molecule has 2 heterocycles. The predicted octanol–water partition coefficient (Wildman–Crippen LogP) is 3.80. The Labute approximate surface area is 167 Å². The Morgan fingerprint density at radius 3 is 2.39 bits per heavy atom. The minimum Gasteiger partial charge on any atom is -0.434 e. The molecule has 6 nitrogen and oxygen atoms in total. The number of alkyl halides is 3. The number of aromatic nitrogens is 1. The molecule has 148 valence electrons. The second-order valence-electron chi connectivity index (χ2n) is 5.95. The molecule has 3 rings (SSSR count). The molecule has 0 saturated carbocycles. The van der Waals surface area contributed by atoms with E-state index in [9.17, 15) is 22.8 Å². The Morgan fingerprint density at radius 2 is 1.86 bits per heavy atom. The molecule has 1 saturated heterocycles. The van der Waals surface area contributed by atoms with Crippen molar-refractivity contribution < 1.29 is 27.5 Å². The molecule has 2 aromatic rings. The van der Waals surface area contributed by atoms with Crippen molar-refractivity contribution in [2.75, 3.05) is 6.54 Å². The van der Waals surface area contributed by atoms with Crippen molar-refractivity contribution in [2.45, 2.75) is 18.3 Å². The highest BCUT2D eigenvalue weighted by Gasteiger charge is 2.42. The SMILES string of the molecule is NC(=O)C1CN([C@@H](c2ccc(Cl)cc2)c2ccc(Cl)c(C(F)(F)F)n2)C(=O)O1. The van der Waals surface area contributed by atoms with Gasteiger partial charge in [-0.05, 0) is 29.8 Å². The quantitative estimate of drug-likeness (QED) is 0.794. The molecule has 2 amide bonds. The summed E-state index contributed by atoms with van der Waals surface area (Å²) in [6.07, 6.45) is -6.93. The molecule has 1 aliphatic rings. The molecule has 28 heavy (non-hydrogen) atoms. The van der Waals surface area contributed by atoms with Crippen molar-refractivity contribution in [1.82, 2.24) is 9.88 Å². The lowest BCUT2D eigenvalue weighted by Crippen LogP contribution is -2.35. The zero-order valence-corrected chi connectivity index (χ0v) is 15.4. The van der Waals surface area contributed by atoms with Crippen LogP contribution in [0.25, 0.3) is 0 Å². The van der Waals surface area contributed by atoms with Gasteiger partial charge in [-0.15, -0.1) is 0 Å². The predicted molar refractivity (Wildman–Crippen MR) is 93.7 cm³/mol. The van der Waals surface area contributed by atoms with E-state index in [1.165, 1.54) is 30.3 Å². The van der Waals surface area contributed by atoms with Gasteiger partial charge in [-0.1, -0.05) is 35.3 Å². The molecule has 1 unspecified atom stereocenters. The van der Waals surface area contributed by atoms with Crippen LogP contribution >= 0.6 is 23.2 Å². The summed E-state index contributed by atoms with van der Waals surface area (Å²) in [7, 11) is 0. The van der Waals surface area contributed by atoms with E-state index in [1.807, 2.05) is 0 Å². The molecule has 1 aromatic heterocycles. The topological polar surface area (TPSA) is 85.5 Å². The number of cyclic esters (lactones) is 1. The van der Waals surface area contributed by atoms with Crippen LogP contribution in [0.1, 0.15) is 23.0 Å². The van der Waals surface area contributed by atoms with Gasteiger partial charge in [0.25, 0.3) is 5.91 Å². The third-order valence-electron chi connectivity index (χ3n) is 4.07. The van der Waals surface area contributed by atoms with E-state index in [-0.39, 0.29) is 12.2 Å². The molecular formula is C17H12Cl2F3N3O3. The lowest BCUT2D eigenvalue weighted by Gasteiger charge is -2.26. The lowest BCUT2D eigenvalue weighted by atomic mass is 10.0. The largest absolute Gasteiger partial charge is 0.434 e. The van der Waals surface area contributed by atoms with Crippen molar-refractivity contribution in [2.24, 2.45) is 5.73 Å². The van der Waals surface area contributed by atoms with Gasteiger partial charge < -0.3 is 10.5 Å². The minimum atomic E-state index is -4.79. The van der Waals surface area contributed by atoms with Gasteiger partial charge in [-0.3, -0.25) is 9.69 Å². The number of nitrogens with zero attached hydrogens (tertiary/aromatic N) is 2. The fourth-order valence-corrected chi connectivity index (χ4v) is 3.14. The maximum Gasteiger partial charge on any atom is 0.434 e. The first kappa shape index (κ1) is 20.2. The second-order valence-corrected chi connectivity index (χ2v) is 6.79. The van der Waals surface area contributed by atoms with Gasteiger partial charge in [-0.2, -0.15) is 13.2 Å². The monoisotopic (exact) mass is 433 g/mol. The molecule has 1 aliphatic heterocycles. The number of rotatable bonds is 4. The number of carbonyl (C=O) groups excluding carboxylic acids is 2. The first-order valence-electron chi connectivity index (χ1n) is 7.83. The number of amides is 2. The van der Waals surface area contributed by atoms with Crippen molar-refractivity contribution >= 4 is 35.2 Å². The van der Waals surface area contributed by atoms with Gasteiger partial charge in [-0.25, -0.2) is 9.78 Å². The minimum absolute atomic E-state index is 0.110. The van der Waals surface area contributed by atoms with Crippen LogP contribution in [0, 0.1) is 0 Å². The number of halogens is 5. The summed E-state index contributed by atoms with van der Waals surface area (Å²) in [4.78, 5) is 28.4. The molecule has 2 atom stereocenters. The molecule has 0 bridgehead atoms. The van der Waals surface area contributed by atoms with Crippen LogP contribution in [0.15, 0.2) is 36.4 Å². The van der Waals surface area contributed by atoms with E-state index >= 15 is 0 Å². The van der Waals surface area contributed by atoms with Crippen LogP contribution in [0.2, 0.25) is 10.0 Å². The first-order valence-corrected chi connectivity index (χ1v) is 8.59. The Balaban J connectivity index is 2.11. The smallest absolute Gasteiger partial charge is 0.434 e. The fraction of sp³-hybridized carbons (Fsp3) is 0.235. The van der Waals surface area contributed by atoms with Gasteiger partial charge in [0.1, 0.15) is 6.04 Å². The van der Waals surface area contributed by atoms with E-state index in [2.05, 4.69) is 4.98 Å². The Bertz CT molecular complexity index is 922. The van der Waals surface area contributed by atoms with Crippen LogP contribution < -0.4 is 5.73 Å². The van der Waals surface area contributed by atoms with Crippen LogP contribution in [-0.2, 0) is 15.7 Å². The summed E-state index contributed by atoms with van der Waals surface area (Å²) in [5.74, 6) is -0.870. The number of hydrogen-bond donors (Lipinski definition) is 1. The third kappa shape index (κ3) is 4.00. The number of nitrogens with two attached hydrogens (primary N) is 1. The van der Waals surface area contributed by atoms with Crippen molar-refractivity contribution in [3.63, 3.8) is 0 Å². The van der Waals surface area contributed by atoms with Crippen molar-refractivity contribution in [3.8, 4) is 0 Å². The van der Waals surface area contributed by atoms with Gasteiger partial charge in [0, 0.05) is 5.02 Å². The van der Waals surface area contributed by atoms with Gasteiger partial charge >= 0.3 is 12.3 Å². The molecule has 0 aliphatic carbocycles. The van der Waals surface area contributed by atoms with E-state index in [0.717, 1.165) is 11.0 Å². The van der Waals surface area contributed by atoms with E-state index < -0.39 is 41.0 Å². The summed E-state index contributed by atoms with van der Waals surface area (Å²) in [6, 6.07) is 7.31. The summed E-state index contributed by atoms with van der Waals surface area (Å²) < 4.78 is 44.6. The molecule has 0 spiro atoms. The third-order valence-corrected chi connectivity index (χ3v) is 4.63. The van der Waals surface area contributed by atoms with E-state index in [1.54, 1.807) is 0 Å². The zero-order chi connectivity index (χ0) is 20.6. The molecule has 11 heteroatoms. The Hall–Kier alpha value is -2.52. The van der Waals surface area contributed by atoms with Gasteiger partial charge in [0.15, 0.2) is 11.8 Å². The molecule has 1 fully saturated rings. The first-order chi connectivity index (χ1) is 13.1. The van der Waals surface area contributed by atoms with E-state index in [4.69, 9.17) is 33.7 Å². The van der Waals surface area contributed by atoms with Crippen LogP contribution in [0.3, 0.4) is 0 Å². The summed E-state index contributed by atoms with van der Waals surface area (Å²) >= 11 is 11.5. The van der Waals surface area contributed by atoms with Gasteiger partial charge in [0.2, 0.25) is 0 Å². The van der Waals surface area contributed by atoms with Crippen molar-refractivity contribution in [3.05, 3.63) is 63.4 Å².